The lowest BCUT2D eigenvalue weighted by Gasteiger charge is -2.09. The number of hydrogen-bond acceptors (Lipinski definition) is 3. The minimum Gasteiger partial charge on any atom is -0.369 e. The minimum absolute atomic E-state index is 0.632. The zero-order valence-corrected chi connectivity index (χ0v) is 10.4. The zero-order valence-electron chi connectivity index (χ0n) is 10.4. The number of anilines is 1. The monoisotopic (exact) mass is 227 g/mol. The van der Waals surface area contributed by atoms with Crippen molar-refractivity contribution in [2.75, 3.05) is 11.9 Å². The Hall–Kier alpha value is -2.00. The van der Waals surface area contributed by atoms with Crippen LogP contribution in [0.25, 0.3) is 0 Å². The number of nitrogens with zero attached hydrogens (tertiary/aromatic N) is 2. The smallest absolute Gasteiger partial charge is 0.144 e. The molecule has 3 nitrogen and oxygen atoms in total. The van der Waals surface area contributed by atoms with Gasteiger partial charge in [0.1, 0.15) is 11.9 Å². The second-order valence-corrected chi connectivity index (χ2v) is 4.00. The van der Waals surface area contributed by atoms with Crippen molar-refractivity contribution < 1.29 is 0 Å². The SMILES string of the molecule is C#CCCCCNc1nc(C)cc(C)c1C#N. The lowest BCUT2D eigenvalue weighted by Crippen LogP contribution is -2.07. The number of terminal acetylenes is 1. The Bertz CT molecular complexity index is 464. The molecular formula is C14H17N3. The molecule has 0 saturated carbocycles. The molecule has 0 spiro atoms. The van der Waals surface area contributed by atoms with Crippen LogP contribution in [0, 0.1) is 37.5 Å². The van der Waals surface area contributed by atoms with Gasteiger partial charge in [-0.05, 0) is 38.3 Å². The van der Waals surface area contributed by atoms with Crippen molar-refractivity contribution in [1.29, 1.82) is 5.26 Å². The van der Waals surface area contributed by atoms with E-state index in [9.17, 15) is 0 Å². The van der Waals surface area contributed by atoms with E-state index in [1.165, 1.54) is 0 Å². The average molecular weight is 227 g/mol. The van der Waals surface area contributed by atoms with Gasteiger partial charge >= 0.3 is 0 Å². The predicted molar refractivity (Wildman–Crippen MR) is 69.6 cm³/mol. The number of rotatable bonds is 5. The molecule has 0 bridgehead atoms. The van der Waals surface area contributed by atoms with E-state index in [2.05, 4.69) is 22.3 Å². The van der Waals surface area contributed by atoms with E-state index in [-0.39, 0.29) is 0 Å². The van der Waals surface area contributed by atoms with E-state index in [0.717, 1.165) is 37.1 Å². The summed E-state index contributed by atoms with van der Waals surface area (Å²) < 4.78 is 0. The van der Waals surface area contributed by atoms with Crippen molar-refractivity contribution in [2.24, 2.45) is 0 Å². The molecule has 0 unspecified atom stereocenters. The molecule has 0 aliphatic heterocycles. The predicted octanol–water partition coefficient (Wildman–Crippen LogP) is 2.79. The first-order valence-electron chi connectivity index (χ1n) is 5.74. The van der Waals surface area contributed by atoms with Crippen molar-refractivity contribution in [2.45, 2.75) is 33.1 Å². The van der Waals surface area contributed by atoms with E-state index in [0.29, 0.717) is 11.4 Å². The number of nitriles is 1. The number of nitrogens with one attached hydrogen (secondary N) is 1. The molecule has 0 atom stereocenters. The molecule has 3 heteroatoms. The highest BCUT2D eigenvalue weighted by molar-refractivity contribution is 5.56. The molecule has 1 aromatic rings. The Morgan fingerprint density at radius 1 is 1.41 bits per heavy atom. The van der Waals surface area contributed by atoms with E-state index in [4.69, 9.17) is 11.7 Å². The van der Waals surface area contributed by atoms with Crippen LogP contribution >= 0.6 is 0 Å². The fourth-order valence-corrected chi connectivity index (χ4v) is 1.66. The Morgan fingerprint density at radius 2 is 2.18 bits per heavy atom. The fraction of sp³-hybridized carbons (Fsp3) is 0.429. The van der Waals surface area contributed by atoms with Gasteiger partial charge in [0.25, 0.3) is 0 Å². The van der Waals surface area contributed by atoms with Crippen LogP contribution < -0.4 is 5.32 Å². The second kappa shape index (κ2) is 6.55. The summed E-state index contributed by atoms with van der Waals surface area (Å²) in [6.45, 7) is 4.65. The summed E-state index contributed by atoms with van der Waals surface area (Å²) in [5, 5.41) is 12.3. The maximum Gasteiger partial charge on any atom is 0.144 e. The zero-order chi connectivity index (χ0) is 12.7. The molecule has 1 heterocycles. The van der Waals surface area contributed by atoms with Gasteiger partial charge in [-0.1, -0.05) is 0 Å². The summed E-state index contributed by atoms with van der Waals surface area (Å²) in [4.78, 5) is 4.35. The van der Waals surface area contributed by atoms with E-state index < -0.39 is 0 Å². The summed E-state index contributed by atoms with van der Waals surface area (Å²) in [5.41, 5.74) is 2.52. The summed E-state index contributed by atoms with van der Waals surface area (Å²) in [6.07, 6.45) is 7.97. The first kappa shape index (κ1) is 13.1. The Morgan fingerprint density at radius 3 is 2.82 bits per heavy atom. The van der Waals surface area contributed by atoms with Crippen molar-refractivity contribution in [3.8, 4) is 18.4 Å². The van der Waals surface area contributed by atoms with Crippen molar-refractivity contribution in [3.63, 3.8) is 0 Å². The normalized spacial score (nSPS) is 9.41. The molecule has 88 valence electrons. The Kier molecular flexibility index (Phi) is 5.04. The Labute approximate surface area is 103 Å². The second-order valence-electron chi connectivity index (χ2n) is 4.00. The van der Waals surface area contributed by atoms with E-state index in [1.807, 2.05) is 19.9 Å². The van der Waals surface area contributed by atoms with Crippen LogP contribution in [0.2, 0.25) is 0 Å². The van der Waals surface area contributed by atoms with E-state index in [1.54, 1.807) is 0 Å². The molecule has 1 N–H and O–H groups in total. The van der Waals surface area contributed by atoms with Crippen molar-refractivity contribution in [1.82, 2.24) is 4.98 Å². The van der Waals surface area contributed by atoms with Gasteiger partial charge in [-0.15, -0.1) is 12.3 Å². The topological polar surface area (TPSA) is 48.7 Å². The largest absolute Gasteiger partial charge is 0.369 e. The van der Waals surface area contributed by atoms with Gasteiger partial charge in [-0.3, -0.25) is 0 Å². The van der Waals surface area contributed by atoms with Crippen molar-refractivity contribution in [3.05, 3.63) is 22.9 Å². The van der Waals surface area contributed by atoms with Gasteiger partial charge in [0.2, 0.25) is 0 Å². The molecule has 0 aromatic carbocycles. The highest BCUT2D eigenvalue weighted by atomic mass is 15.0. The van der Waals surface area contributed by atoms with Crippen LogP contribution in [0.4, 0.5) is 5.82 Å². The molecule has 1 aromatic heterocycles. The molecule has 0 fully saturated rings. The Balaban J connectivity index is 2.65. The van der Waals surface area contributed by atoms with Gasteiger partial charge in [-0.2, -0.15) is 5.26 Å². The quantitative estimate of drug-likeness (QED) is 0.621. The summed E-state index contributed by atoms with van der Waals surface area (Å²) in [7, 11) is 0. The van der Waals surface area contributed by atoms with Gasteiger partial charge < -0.3 is 5.32 Å². The molecule has 0 amide bonds. The van der Waals surface area contributed by atoms with Crippen LogP contribution in [-0.4, -0.2) is 11.5 Å². The average Bonchev–Trinajstić information content (AvgIpc) is 2.28. The highest BCUT2D eigenvalue weighted by Crippen LogP contribution is 2.17. The third-order valence-corrected chi connectivity index (χ3v) is 2.50. The minimum atomic E-state index is 0.632. The number of pyridine rings is 1. The fourth-order valence-electron chi connectivity index (χ4n) is 1.66. The highest BCUT2D eigenvalue weighted by Gasteiger charge is 2.07. The summed E-state index contributed by atoms with van der Waals surface area (Å²) in [6, 6.07) is 4.10. The molecular weight excluding hydrogens is 210 g/mol. The summed E-state index contributed by atoms with van der Waals surface area (Å²) in [5.74, 6) is 3.30. The standard InChI is InChI=1S/C14H17N3/c1-4-5-6-7-8-16-14-13(10-15)11(2)9-12(3)17-14/h1,9H,5-8H2,2-3H3,(H,16,17). The van der Waals surface area contributed by atoms with Crippen molar-refractivity contribution >= 4 is 5.82 Å². The third kappa shape index (κ3) is 3.81. The van der Waals surface area contributed by atoms with Crippen LogP contribution in [0.5, 0.6) is 0 Å². The molecule has 17 heavy (non-hydrogen) atoms. The number of unbranched alkanes of at least 4 members (excludes halogenated alkanes) is 2. The number of aryl methyl sites for hydroxylation is 2. The van der Waals surface area contributed by atoms with Gasteiger partial charge in [0.05, 0.1) is 5.56 Å². The lowest BCUT2D eigenvalue weighted by atomic mass is 10.1. The van der Waals surface area contributed by atoms with E-state index >= 15 is 0 Å². The molecule has 1 rings (SSSR count). The summed E-state index contributed by atoms with van der Waals surface area (Å²) >= 11 is 0. The van der Waals surface area contributed by atoms with Crippen LogP contribution in [0.3, 0.4) is 0 Å². The maximum atomic E-state index is 9.07. The molecule has 0 saturated heterocycles. The van der Waals surface area contributed by atoms with Gasteiger partial charge in [0, 0.05) is 18.7 Å². The number of hydrogen-bond donors (Lipinski definition) is 1. The first-order chi connectivity index (χ1) is 8.19. The maximum absolute atomic E-state index is 9.07. The third-order valence-electron chi connectivity index (χ3n) is 2.50. The first-order valence-corrected chi connectivity index (χ1v) is 5.74. The number of aromatic nitrogens is 1. The lowest BCUT2D eigenvalue weighted by molar-refractivity contribution is 0.786. The van der Waals surface area contributed by atoms with Crippen LogP contribution in [0.15, 0.2) is 6.07 Å². The molecule has 0 radical (unpaired) electrons. The van der Waals surface area contributed by atoms with Crippen LogP contribution in [-0.2, 0) is 0 Å². The molecule has 0 aliphatic rings. The van der Waals surface area contributed by atoms with Gasteiger partial charge in [0.15, 0.2) is 0 Å². The van der Waals surface area contributed by atoms with Crippen LogP contribution in [0.1, 0.15) is 36.1 Å². The van der Waals surface area contributed by atoms with Gasteiger partial charge in [-0.25, -0.2) is 4.98 Å². The molecule has 0 aliphatic carbocycles.